The molecule has 2 amide bonds. The second kappa shape index (κ2) is 7.04. The molecule has 3 aromatic rings. The number of aromatic nitrogens is 4. The van der Waals surface area contributed by atoms with Crippen LogP contribution in [0.15, 0.2) is 36.2 Å². The molecule has 0 saturated heterocycles. The van der Waals surface area contributed by atoms with E-state index in [0.29, 0.717) is 24.0 Å². The lowest BCUT2D eigenvalue weighted by Gasteiger charge is -2.31. The second-order valence-corrected chi connectivity index (χ2v) is 7.50. The number of nitrogens with zero attached hydrogens (tertiary/aromatic N) is 6. The number of hydrogen-bond acceptors (Lipinski definition) is 7. The summed E-state index contributed by atoms with van der Waals surface area (Å²) in [5.74, 6) is 0.579. The summed E-state index contributed by atoms with van der Waals surface area (Å²) in [7, 11) is 3.58. The summed E-state index contributed by atoms with van der Waals surface area (Å²) < 4.78 is 1.60. The van der Waals surface area contributed by atoms with Crippen LogP contribution in [0.25, 0.3) is 10.6 Å². The van der Waals surface area contributed by atoms with Gasteiger partial charge in [0.15, 0.2) is 11.5 Å². The van der Waals surface area contributed by atoms with Gasteiger partial charge in [0.25, 0.3) is 5.91 Å². The molecule has 0 unspecified atom stereocenters. The zero-order valence-electron chi connectivity index (χ0n) is 15.7. The number of pyridine rings is 1. The van der Waals surface area contributed by atoms with E-state index in [4.69, 9.17) is 0 Å². The van der Waals surface area contributed by atoms with Crippen LogP contribution in [0, 0.1) is 0 Å². The van der Waals surface area contributed by atoms with Gasteiger partial charge >= 0.3 is 0 Å². The third-order valence-corrected chi connectivity index (χ3v) is 5.42. The molecule has 0 saturated carbocycles. The Kier molecular flexibility index (Phi) is 4.55. The van der Waals surface area contributed by atoms with Crippen LogP contribution in [0.1, 0.15) is 23.5 Å². The van der Waals surface area contributed by atoms with Crippen LogP contribution in [0.5, 0.6) is 0 Å². The van der Waals surface area contributed by atoms with Crippen LogP contribution in [0.4, 0.5) is 11.6 Å². The van der Waals surface area contributed by atoms with Gasteiger partial charge in [0.05, 0.1) is 13.0 Å². The summed E-state index contributed by atoms with van der Waals surface area (Å²) in [6.45, 7) is 2.18. The molecule has 4 rings (SSSR count). The second-order valence-electron chi connectivity index (χ2n) is 6.60. The average Bonchev–Trinajstić information content (AvgIpc) is 3.36. The normalized spacial score (nSPS) is 14.8. The molecule has 0 fully saturated rings. The molecular formula is C18H19N7O2S. The molecule has 0 spiro atoms. The number of carbonyl (C=O) groups excluding carboxylic acids is 2. The maximum atomic E-state index is 12.7. The summed E-state index contributed by atoms with van der Waals surface area (Å²) in [5, 5.41) is 5.56. The number of nitrogens with one attached hydrogen (secondary N) is 1. The molecule has 0 radical (unpaired) electrons. The molecule has 144 valence electrons. The monoisotopic (exact) mass is 397 g/mol. The topological polar surface area (TPSA) is 96.2 Å². The van der Waals surface area contributed by atoms with Gasteiger partial charge in [0.2, 0.25) is 5.91 Å². The van der Waals surface area contributed by atoms with Crippen LogP contribution in [0.2, 0.25) is 0 Å². The fourth-order valence-corrected chi connectivity index (χ4v) is 3.71. The summed E-state index contributed by atoms with van der Waals surface area (Å²) in [4.78, 5) is 41.6. The SMILES string of the molecule is C[C@H](C(=O)Nc1ccc(-c2nccs2)cn1)n1cnc2c1C(=O)N(C)CN2C. The molecular weight excluding hydrogens is 378 g/mol. The number of rotatable bonds is 4. The van der Waals surface area contributed by atoms with Crippen molar-refractivity contribution in [2.75, 3.05) is 31.0 Å². The number of amides is 2. The molecule has 4 heterocycles. The molecule has 0 bridgehead atoms. The first kappa shape index (κ1) is 18.1. The van der Waals surface area contributed by atoms with Crippen molar-refractivity contribution in [2.24, 2.45) is 0 Å². The van der Waals surface area contributed by atoms with E-state index in [1.54, 1.807) is 41.9 Å². The van der Waals surface area contributed by atoms with Crippen LogP contribution in [0.3, 0.4) is 0 Å². The molecule has 1 aliphatic rings. The van der Waals surface area contributed by atoms with Gasteiger partial charge in [0, 0.05) is 37.4 Å². The smallest absolute Gasteiger partial charge is 0.275 e. The van der Waals surface area contributed by atoms with E-state index in [1.165, 1.54) is 17.7 Å². The van der Waals surface area contributed by atoms with Crippen molar-refractivity contribution in [3.05, 3.63) is 41.9 Å². The Morgan fingerprint density at radius 2 is 2.04 bits per heavy atom. The quantitative estimate of drug-likeness (QED) is 0.724. The van der Waals surface area contributed by atoms with Crippen molar-refractivity contribution >= 4 is 34.8 Å². The van der Waals surface area contributed by atoms with Crippen LogP contribution in [-0.2, 0) is 4.79 Å². The lowest BCUT2D eigenvalue weighted by molar-refractivity contribution is -0.118. The van der Waals surface area contributed by atoms with E-state index in [1.807, 2.05) is 23.4 Å². The lowest BCUT2D eigenvalue weighted by atomic mass is 10.2. The number of imidazole rings is 1. The van der Waals surface area contributed by atoms with Crippen molar-refractivity contribution in [1.29, 1.82) is 0 Å². The minimum Gasteiger partial charge on any atom is -0.340 e. The highest BCUT2D eigenvalue weighted by Gasteiger charge is 2.32. The van der Waals surface area contributed by atoms with Crippen molar-refractivity contribution in [3.63, 3.8) is 0 Å². The number of fused-ring (bicyclic) bond motifs is 1. The number of carbonyl (C=O) groups is 2. The fourth-order valence-electron chi connectivity index (χ4n) is 3.08. The molecule has 10 heteroatoms. The first-order chi connectivity index (χ1) is 13.5. The molecule has 9 nitrogen and oxygen atoms in total. The number of hydrogen-bond donors (Lipinski definition) is 1. The lowest BCUT2D eigenvalue weighted by Crippen LogP contribution is -2.44. The van der Waals surface area contributed by atoms with Gasteiger partial charge < -0.3 is 19.7 Å². The van der Waals surface area contributed by atoms with Crippen molar-refractivity contribution in [1.82, 2.24) is 24.4 Å². The van der Waals surface area contributed by atoms with E-state index in [-0.39, 0.29) is 11.8 Å². The van der Waals surface area contributed by atoms with Crippen molar-refractivity contribution < 1.29 is 9.59 Å². The highest BCUT2D eigenvalue weighted by Crippen LogP contribution is 2.27. The van der Waals surface area contributed by atoms with E-state index >= 15 is 0 Å². The Balaban J connectivity index is 1.53. The summed E-state index contributed by atoms with van der Waals surface area (Å²) in [6, 6.07) is 2.97. The summed E-state index contributed by atoms with van der Waals surface area (Å²) in [6.07, 6.45) is 4.94. The third-order valence-electron chi connectivity index (χ3n) is 4.60. The van der Waals surface area contributed by atoms with Gasteiger partial charge in [-0.15, -0.1) is 11.3 Å². The Morgan fingerprint density at radius 1 is 1.21 bits per heavy atom. The predicted octanol–water partition coefficient (Wildman–Crippen LogP) is 2.08. The van der Waals surface area contributed by atoms with Gasteiger partial charge in [-0.1, -0.05) is 0 Å². The Bertz CT molecular complexity index is 1010. The maximum absolute atomic E-state index is 12.7. The molecule has 1 N–H and O–H groups in total. The highest BCUT2D eigenvalue weighted by molar-refractivity contribution is 7.13. The van der Waals surface area contributed by atoms with Gasteiger partial charge in [-0.3, -0.25) is 9.59 Å². The molecule has 1 aliphatic heterocycles. The minimum atomic E-state index is -0.625. The minimum absolute atomic E-state index is 0.156. The number of thiazole rings is 1. The molecule has 28 heavy (non-hydrogen) atoms. The van der Waals surface area contributed by atoms with Crippen molar-refractivity contribution in [3.8, 4) is 10.6 Å². The molecule has 3 aromatic heterocycles. The van der Waals surface area contributed by atoms with Crippen LogP contribution in [-0.4, -0.2) is 57.0 Å². The van der Waals surface area contributed by atoms with E-state index in [2.05, 4.69) is 20.3 Å². The third kappa shape index (κ3) is 3.11. The van der Waals surface area contributed by atoms with Gasteiger partial charge in [-0.25, -0.2) is 15.0 Å². The average molecular weight is 397 g/mol. The van der Waals surface area contributed by atoms with Gasteiger partial charge in [-0.05, 0) is 19.1 Å². The van der Waals surface area contributed by atoms with E-state index in [9.17, 15) is 9.59 Å². The Morgan fingerprint density at radius 3 is 2.71 bits per heavy atom. The van der Waals surface area contributed by atoms with E-state index in [0.717, 1.165) is 10.6 Å². The fraction of sp³-hybridized carbons (Fsp3) is 0.278. The van der Waals surface area contributed by atoms with Crippen molar-refractivity contribution in [2.45, 2.75) is 13.0 Å². The van der Waals surface area contributed by atoms with Gasteiger partial charge in [-0.2, -0.15) is 0 Å². The standard InChI is InChI=1S/C18H19N7O2S/c1-11(25-9-21-15-14(25)18(27)24(3)10-23(15)2)16(26)22-13-5-4-12(8-20-13)17-19-6-7-28-17/h4-9,11H,10H2,1-3H3,(H,20,22,26)/t11-/m1/s1. The van der Waals surface area contributed by atoms with Crippen LogP contribution < -0.4 is 10.2 Å². The zero-order valence-corrected chi connectivity index (χ0v) is 16.5. The summed E-state index contributed by atoms with van der Waals surface area (Å²) >= 11 is 1.52. The van der Waals surface area contributed by atoms with E-state index < -0.39 is 6.04 Å². The summed E-state index contributed by atoms with van der Waals surface area (Å²) in [5.41, 5.74) is 1.30. The molecule has 1 atom stereocenters. The number of anilines is 2. The highest BCUT2D eigenvalue weighted by atomic mass is 32.1. The first-order valence-corrected chi connectivity index (χ1v) is 9.54. The zero-order chi connectivity index (χ0) is 19.8. The molecule has 0 aromatic carbocycles. The first-order valence-electron chi connectivity index (χ1n) is 8.66. The Labute approximate surface area is 165 Å². The van der Waals surface area contributed by atoms with Crippen LogP contribution >= 0.6 is 11.3 Å². The largest absolute Gasteiger partial charge is 0.340 e. The predicted molar refractivity (Wildman–Crippen MR) is 106 cm³/mol. The van der Waals surface area contributed by atoms with Gasteiger partial charge in [0.1, 0.15) is 16.9 Å². The Hall–Kier alpha value is -3.27. The molecule has 0 aliphatic carbocycles. The maximum Gasteiger partial charge on any atom is 0.275 e.